The lowest BCUT2D eigenvalue weighted by Crippen LogP contribution is -2.62. The Labute approximate surface area is 261 Å². The molecule has 2 bridgehead atoms. The zero-order valence-electron chi connectivity index (χ0n) is 27.1. The minimum absolute atomic E-state index is 0.0667. The summed E-state index contributed by atoms with van der Waals surface area (Å²) < 4.78 is 31.3. The van der Waals surface area contributed by atoms with Gasteiger partial charge in [-0.25, -0.2) is 0 Å². The molecule has 4 aliphatic heterocycles. The van der Waals surface area contributed by atoms with E-state index in [9.17, 15) is 20.1 Å². The number of esters is 1. The maximum absolute atomic E-state index is 14.1. The van der Waals surface area contributed by atoms with Gasteiger partial charge in [0.05, 0.1) is 24.9 Å². The number of hydrogen-bond donors (Lipinski definition) is 3. The summed E-state index contributed by atoms with van der Waals surface area (Å²) >= 11 is 0. The van der Waals surface area contributed by atoms with E-state index >= 15 is 0 Å². The quantitative estimate of drug-likeness (QED) is 0.312. The van der Waals surface area contributed by atoms with Gasteiger partial charge in [-0.3, -0.25) is 4.79 Å². The first-order valence-corrected chi connectivity index (χ1v) is 16.0. The Balaban J connectivity index is 1.57. The second-order valence-corrected chi connectivity index (χ2v) is 13.5. The van der Waals surface area contributed by atoms with Gasteiger partial charge in [0, 0.05) is 25.9 Å². The number of hydrogen-bond acceptors (Lipinski definition) is 9. The predicted molar refractivity (Wildman–Crippen MR) is 164 cm³/mol. The maximum atomic E-state index is 14.1. The Hall–Kier alpha value is -2.11. The van der Waals surface area contributed by atoms with Gasteiger partial charge in [0.25, 0.3) is 0 Å². The van der Waals surface area contributed by atoms with Crippen LogP contribution in [0.15, 0.2) is 58.7 Å². The number of fused-ring (bicyclic) bond motifs is 2. The maximum Gasteiger partial charge on any atom is 0.316 e. The summed E-state index contributed by atoms with van der Waals surface area (Å²) in [5, 5.41) is 34.9. The van der Waals surface area contributed by atoms with Crippen molar-refractivity contribution in [2.45, 2.75) is 121 Å². The fourth-order valence-corrected chi connectivity index (χ4v) is 7.67. The first-order valence-electron chi connectivity index (χ1n) is 16.0. The molecule has 0 saturated carbocycles. The standard InChI is InChI=1S/C35H50O9/c1-8-19(2)30-23(6)15-28(36)34(44-30)17-26-16-25(43-34)13-12-21(4)29(37)20(3)10-9-11-24-18-41-32-31(40-7)22(5)14-27(33(38)42-26)35(24,32)39/h8-12,14,20,23,25-32,36-37,39H,13,15-18H2,1-7H3. The number of carbonyl (C=O) groups is 1. The molecular weight excluding hydrogens is 564 g/mol. The third-order valence-corrected chi connectivity index (χ3v) is 10.4. The number of aliphatic hydroxyl groups is 3. The Morgan fingerprint density at radius 1 is 1.11 bits per heavy atom. The summed E-state index contributed by atoms with van der Waals surface area (Å²) in [5.74, 6) is -3.14. The molecule has 3 fully saturated rings. The summed E-state index contributed by atoms with van der Waals surface area (Å²) in [6.07, 6.45) is 8.23. The molecule has 0 aromatic carbocycles. The molecule has 9 heteroatoms. The lowest BCUT2D eigenvalue weighted by Gasteiger charge is -2.52. The van der Waals surface area contributed by atoms with Crippen LogP contribution in [0.4, 0.5) is 0 Å². The van der Waals surface area contributed by atoms with Crippen molar-refractivity contribution >= 4 is 5.97 Å². The van der Waals surface area contributed by atoms with Crippen LogP contribution in [0.1, 0.15) is 67.2 Å². The van der Waals surface area contributed by atoms with Crippen molar-refractivity contribution < 1.29 is 43.8 Å². The van der Waals surface area contributed by atoms with Crippen LogP contribution < -0.4 is 0 Å². The van der Waals surface area contributed by atoms with E-state index in [2.05, 4.69) is 6.92 Å². The van der Waals surface area contributed by atoms with Gasteiger partial charge in [-0.15, -0.1) is 0 Å². The molecule has 12 atom stereocenters. The van der Waals surface area contributed by atoms with Crippen molar-refractivity contribution in [1.82, 2.24) is 0 Å². The van der Waals surface area contributed by atoms with Gasteiger partial charge in [0.2, 0.25) is 0 Å². The van der Waals surface area contributed by atoms with Crippen molar-refractivity contribution in [2.24, 2.45) is 17.8 Å². The predicted octanol–water partition coefficient (Wildman–Crippen LogP) is 4.08. The third kappa shape index (κ3) is 5.93. The highest BCUT2D eigenvalue weighted by molar-refractivity contribution is 5.78. The molecule has 3 saturated heterocycles. The molecule has 0 aromatic rings. The van der Waals surface area contributed by atoms with Crippen molar-refractivity contribution in [1.29, 1.82) is 0 Å². The van der Waals surface area contributed by atoms with E-state index in [1.807, 2.05) is 52.8 Å². The molecule has 1 spiro atoms. The Bertz CT molecular complexity index is 1250. The van der Waals surface area contributed by atoms with Gasteiger partial charge in [0.15, 0.2) is 5.79 Å². The van der Waals surface area contributed by atoms with Gasteiger partial charge in [-0.1, -0.05) is 50.3 Å². The monoisotopic (exact) mass is 614 g/mol. The highest BCUT2D eigenvalue weighted by atomic mass is 16.7. The van der Waals surface area contributed by atoms with Crippen molar-refractivity contribution in [3.05, 3.63) is 58.7 Å². The molecule has 3 N–H and O–H groups in total. The van der Waals surface area contributed by atoms with Gasteiger partial charge < -0.3 is 39.0 Å². The van der Waals surface area contributed by atoms with Crippen LogP contribution in [-0.4, -0.2) is 89.1 Å². The number of allylic oxidation sites excluding steroid dienone is 3. The minimum Gasteiger partial charge on any atom is -0.462 e. The average molecular weight is 615 g/mol. The molecule has 0 aromatic heterocycles. The molecule has 44 heavy (non-hydrogen) atoms. The molecule has 12 unspecified atom stereocenters. The Morgan fingerprint density at radius 2 is 1.86 bits per heavy atom. The van der Waals surface area contributed by atoms with Gasteiger partial charge in [-0.05, 0) is 68.7 Å². The van der Waals surface area contributed by atoms with Crippen LogP contribution >= 0.6 is 0 Å². The van der Waals surface area contributed by atoms with Gasteiger partial charge in [0.1, 0.15) is 35.9 Å². The highest BCUT2D eigenvalue weighted by Gasteiger charge is 2.61. The Morgan fingerprint density at radius 3 is 2.57 bits per heavy atom. The summed E-state index contributed by atoms with van der Waals surface area (Å²) in [5.41, 5.74) is 1.46. The normalized spacial score (nSPS) is 45.3. The van der Waals surface area contributed by atoms with Gasteiger partial charge >= 0.3 is 5.97 Å². The van der Waals surface area contributed by atoms with E-state index in [4.69, 9.17) is 23.7 Å². The second kappa shape index (κ2) is 12.9. The number of aliphatic hydroxyl groups excluding tert-OH is 2. The van der Waals surface area contributed by atoms with Crippen LogP contribution in [0, 0.1) is 17.8 Å². The van der Waals surface area contributed by atoms with Crippen LogP contribution in [0.5, 0.6) is 0 Å². The SMILES string of the molecule is CC=C(C)C1OC2(CC3CC(CC=C(C)C(O)C(C)C=CC=C4COC5C(OC)C(C)=CC(C(=O)O3)C45O)O2)C(O)CC1C. The second-order valence-electron chi connectivity index (χ2n) is 13.5. The molecule has 5 rings (SSSR count). The molecule has 0 amide bonds. The molecule has 0 radical (unpaired) electrons. The molecular formula is C35H50O9. The minimum atomic E-state index is -1.69. The van der Waals surface area contributed by atoms with Crippen LogP contribution in [-0.2, 0) is 28.5 Å². The smallest absolute Gasteiger partial charge is 0.316 e. The van der Waals surface area contributed by atoms with Crippen molar-refractivity contribution in [2.75, 3.05) is 13.7 Å². The van der Waals surface area contributed by atoms with E-state index in [1.165, 1.54) is 0 Å². The molecule has 244 valence electrons. The topological polar surface area (TPSA) is 124 Å². The number of carbonyl (C=O) groups excluding carboxylic acids is 1. The number of rotatable bonds is 2. The van der Waals surface area contributed by atoms with Crippen molar-refractivity contribution in [3.63, 3.8) is 0 Å². The van der Waals surface area contributed by atoms with Crippen LogP contribution in [0.3, 0.4) is 0 Å². The van der Waals surface area contributed by atoms with E-state index < -0.39 is 59.9 Å². The van der Waals surface area contributed by atoms with Crippen molar-refractivity contribution in [3.8, 4) is 0 Å². The number of methoxy groups -OCH3 is 1. The fourth-order valence-electron chi connectivity index (χ4n) is 7.67. The van der Waals surface area contributed by atoms with E-state index in [-0.39, 0.29) is 31.0 Å². The largest absolute Gasteiger partial charge is 0.462 e. The first-order chi connectivity index (χ1) is 20.8. The zero-order chi connectivity index (χ0) is 32.0. The summed E-state index contributed by atoms with van der Waals surface area (Å²) in [6, 6.07) is 0. The first kappa shape index (κ1) is 33.3. The lowest BCUT2D eigenvalue weighted by atomic mass is 9.70. The van der Waals surface area contributed by atoms with E-state index in [0.717, 1.165) is 16.7 Å². The molecule has 4 heterocycles. The average Bonchev–Trinajstić information content (AvgIpc) is 3.32. The lowest BCUT2D eigenvalue weighted by molar-refractivity contribution is -0.363. The van der Waals surface area contributed by atoms with Crippen LogP contribution in [0.25, 0.3) is 0 Å². The summed E-state index contributed by atoms with van der Waals surface area (Å²) in [7, 11) is 1.56. The highest BCUT2D eigenvalue weighted by Crippen LogP contribution is 2.48. The zero-order valence-corrected chi connectivity index (χ0v) is 27.1. The summed E-state index contributed by atoms with van der Waals surface area (Å²) in [6.45, 7) is 11.8. The fraction of sp³-hybridized carbons (Fsp3) is 0.686. The van der Waals surface area contributed by atoms with Gasteiger partial charge in [-0.2, -0.15) is 0 Å². The number of ether oxygens (including phenoxy) is 5. The molecule has 1 aliphatic carbocycles. The van der Waals surface area contributed by atoms with E-state index in [1.54, 1.807) is 25.3 Å². The third-order valence-electron chi connectivity index (χ3n) is 10.4. The molecule has 9 nitrogen and oxygen atoms in total. The van der Waals surface area contributed by atoms with E-state index in [0.29, 0.717) is 24.8 Å². The summed E-state index contributed by atoms with van der Waals surface area (Å²) in [4.78, 5) is 14.1. The molecule has 5 aliphatic rings. The Kier molecular flexibility index (Phi) is 9.79. The van der Waals surface area contributed by atoms with Crippen LogP contribution in [0.2, 0.25) is 0 Å².